The quantitative estimate of drug-likeness (QED) is 0.651. The Morgan fingerprint density at radius 1 is 1.33 bits per heavy atom. The normalized spacial score (nSPS) is 11.1. The lowest BCUT2D eigenvalue weighted by Gasteiger charge is -2.06. The van der Waals surface area contributed by atoms with E-state index in [0.29, 0.717) is 0 Å². The maximum absolute atomic E-state index is 5.22. The molecule has 3 heterocycles. The van der Waals surface area contributed by atoms with Crippen molar-refractivity contribution in [2.24, 2.45) is 0 Å². The molecule has 0 radical (unpaired) electrons. The molecule has 21 heavy (non-hydrogen) atoms. The maximum atomic E-state index is 5.22. The molecule has 5 nitrogen and oxygen atoms in total. The second-order valence-electron chi connectivity index (χ2n) is 4.73. The zero-order valence-electron chi connectivity index (χ0n) is 11.9. The average molecular weight is 320 g/mol. The van der Waals surface area contributed by atoms with Crippen LogP contribution in [0.5, 0.6) is 0 Å². The maximum Gasteiger partial charge on any atom is 0.191 e. The van der Waals surface area contributed by atoms with Crippen LogP contribution < -0.4 is 0 Å². The first-order valence-corrected chi connectivity index (χ1v) is 8.56. The summed E-state index contributed by atoms with van der Waals surface area (Å²) in [6.45, 7) is 4.81. The fraction of sp³-hybridized carbons (Fsp3) is 0.357. The Hall–Kier alpha value is -1.60. The molecule has 0 amide bonds. The predicted molar refractivity (Wildman–Crippen MR) is 83.6 cm³/mol. The average Bonchev–Trinajstić information content (AvgIpc) is 3.17. The third-order valence-electron chi connectivity index (χ3n) is 3.08. The van der Waals surface area contributed by atoms with Crippen LogP contribution >= 0.6 is 23.1 Å². The van der Waals surface area contributed by atoms with Gasteiger partial charge in [-0.25, -0.2) is 0 Å². The van der Waals surface area contributed by atoms with Crippen molar-refractivity contribution < 1.29 is 4.52 Å². The Morgan fingerprint density at radius 2 is 2.24 bits per heavy atom. The standard InChI is InChI=1S/C14H16N4OS2/c1-10-8-12(19-17-10)9-21-14-16-15-11(2)18(14)6-5-13-4-3-7-20-13/h3-4,7-8H,5-6,9H2,1-2H3. The Morgan fingerprint density at radius 3 is 2.95 bits per heavy atom. The Labute approximate surface area is 131 Å². The fourth-order valence-corrected chi connectivity index (χ4v) is 3.61. The third-order valence-corrected chi connectivity index (χ3v) is 5.01. The highest BCUT2D eigenvalue weighted by Gasteiger charge is 2.11. The van der Waals surface area contributed by atoms with E-state index in [1.165, 1.54) is 4.88 Å². The van der Waals surface area contributed by atoms with Gasteiger partial charge in [-0.2, -0.15) is 0 Å². The number of aromatic nitrogens is 4. The van der Waals surface area contributed by atoms with Crippen molar-refractivity contribution in [2.45, 2.75) is 37.7 Å². The zero-order chi connectivity index (χ0) is 14.7. The Kier molecular flexibility index (Phi) is 4.40. The summed E-state index contributed by atoms with van der Waals surface area (Å²) in [5.41, 5.74) is 0.904. The summed E-state index contributed by atoms with van der Waals surface area (Å²) in [7, 11) is 0. The molecule has 3 aromatic rings. The van der Waals surface area contributed by atoms with Crippen LogP contribution in [0.1, 0.15) is 22.2 Å². The van der Waals surface area contributed by atoms with E-state index in [2.05, 4.69) is 37.4 Å². The van der Waals surface area contributed by atoms with Crippen LogP contribution in [0.25, 0.3) is 0 Å². The van der Waals surface area contributed by atoms with Gasteiger partial charge in [0.2, 0.25) is 0 Å². The molecule has 0 bridgehead atoms. The number of hydrogen-bond acceptors (Lipinski definition) is 6. The van der Waals surface area contributed by atoms with Crippen molar-refractivity contribution in [1.82, 2.24) is 19.9 Å². The molecule has 0 aliphatic heterocycles. The van der Waals surface area contributed by atoms with Crippen LogP contribution in [-0.2, 0) is 18.7 Å². The molecule has 0 saturated heterocycles. The summed E-state index contributed by atoms with van der Waals surface area (Å²) in [5, 5.41) is 15.4. The van der Waals surface area contributed by atoms with Crippen molar-refractivity contribution in [3.63, 3.8) is 0 Å². The molecule has 0 unspecified atom stereocenters. The molecule has 3 aromatic heterocycles. The Bertz CT molecular complexity index is 702. The van der Waals surface area contributed by atoms with Crippen molar-refractivity contribution >= 4 is 23.1 Å². The lowest BCUT2D eigenvalue weighted by Crippen LogP contribution is -2.04. The van der Waals surface area contributed by atoms with Crippen LogP contribution in [0.15, 0.2) is 33.3 Å². The first kappa shape index (κ1) is 14.3. The highest BCUT2D eigenvalue weighted by Crippen LogP contribution is 2.23. The second-order valence-corrected chi connectivity index (χ2v) is 6.71. The Balaban J connectivity index is 1.65. The topological polar surface area (TPSA) is 56.7 Å². The van der Waals surface area contributed by atoms with Gasteiger partial charge in [-0.1, -0.05) is 23.0 Å². The number of nitrogens with zero attached hydrogens (tertiary/aromatic N) is 4. The van der Waals surface area contributed by atoms with Gasteiger partial charge in [0.15, 0.2) is 5.16 Å². The molecule has 7 heteroatoms. The lowest BCUT2D eigenvalue weighted by atomic mass is 10.3. The molecule has 0 spiro atoms. The van der Waals surface area contributed by atoms with E-state index < -0.39 is 0 Å². The van der Waals surface area contributed by atoms with Crippen molar-refractivity contribution in [3.8, 4) is 0 Å². The molecule has 0 atom stereocenters. The lowest BCUT2D eigenvalue weighted by molar-refractivity contribution is 0.391. The number of rotatable bonds is 6. The molecule has 3 rings (SSSR count). The predicted octanol–water partition coefficient (Wildman–Crippen LogP) is 3.48. The first-order valence-electron chi connectivity index (χ1n) is 6.69. The van der Waals surface area contributed by atoms with Gasteiger partial charge in [0.05, 0.1) is 11.4 Å². The third kappa shape index (κ3) is 3.54. The first-order chi connectivity index (χ1) is 10.2. The summed E-state index contributed by atoms with van der Waals surface area (Å²) in [6, 6.07) is 6.20. The molecular weight excluding hydrogens is 304 g/mol. The summed E-state index contributed by atoms with van der Waals surface area (Å²) < 4.78 is 7.39. The highest BCUT2D eigenvalue weighted by molar-refractivity contribution is 7.98. The van der Waals surface area contributed by atoms with Crippen LogP contribution in [-0.4, -0.2) is 19.9 Å². The minimum absolute atomic E-state index is 0.720. The zero-order valence-corrected chi connectivity index (χ0v) is 13.6. The van der Waals surface area contributed by atoms with Gasteiger partial charge >= 0.3 is 0 Å². The number of thiophene rings is 1. The van der Waals surface area contributed by atoms with Gasteiger partial charge in [-0.3, -0.25) is 0 Å². The van der Waals surface area contributed by atoms with Crippen molar-refractivity contribution in [1.29, 1.82) is 0 Å². The van der Waals surface area contributed by atoms with Gasteiger partial charge in [-0.05, 0) is 31.7 Å². The van der Waals surface area contributed by atoms with Gasteiger partial charge in [0.1, 0.15) is 11.6 Å². The SMILES string of the molecule is Cc1cc(CSc2nnc(C)n2CCc2cccs2)on1. The summed E-state index contributed by atoms with van der Waals surface area (Å²) in [6.07, 6.45) is 1.01. The van der Waals surface area contributed by atoms with E-state index in [0.717, 1.165) is 41.2 Å². The molecule has 110 valence electrons. The summed E-state index contributed by atoms with van der Waals surface area (Å²) in [4.78, 5) is 1.38. The van der Waals surface area contributed by atoms with Crippen LogP contribution in [0.4, 0.5) is 0 Å². The fourth-order valence-electron chi connectivity index (χ4n) is 2.02. The van der Waals surface area contributed by atoms with E-state index in [1.807, 2.05) is 19.9 Å². The smallest absolute Gasteiger partial charge is 0.191 e. The molecule has 0 fully saturated rings. The molecule has 0 aromatic carbocycles. The van der Waals surface area contributed by atoms with E-state index >= 15 is 0 Å². The molecule has 0 aliphatic carbocycles. The summed E-state index contributed by atoms with van der Waals surface area (Å²) >= 11 is 3.42. The van der Waals surface area contributed by atoms with Crippen molar-refractivity contribution in [3.05, 3.63) is 45.7 Å². The summed E-state index contributed by atoms with van der Waals surface area (Å²) in [5.74, 6) is 2.53. The monoisotopic (exact) mass is 320 g/mol. The van der Waals surface area contributed by atoms with E-state index in [4.69, 9.17) is 4.52 Å². The second kappa shape index (κ2) is 6.44. The number of thioether (sulfide) groups is 1. The van der Waals surface area contributed by atoms with E-state index in [1.54, 1.807) is 23.1 Å². The molecule has 0 aliphatic rings. The minimum Gasteiger partial charge on any atom is -0.360 e. The number of aryl methyl sites for hydroxylation is 3. The largest absolute Gasteiger partial charge is 0.360 e. The van der Waals surface area contributed by atoms with Crippen LogP contribution in [0, 0.1) is 13.8 Å². The van der Waals surface area contributed by atoms with E-state index in [-0.39, 0.29) is 0 Å². The van der Waals surface area contributed by atoms with E-state index in [9.17, 15) is 0 Å². The highest BCUT2D eigenvalue weighted by atomic mass is 32.2. The van der Waals surface area contributed by atoms with Crippen LogP contribution in [0.2, 0.25) is 0 Å². The molecular formula is C14H16N4OS2. The minimum atomic E-state index is 0.720. The van der Waals surface area contributed by atoms with Gasteiger partial charge in [0, 0.05) is 17.5 Å². The molecule has 0 N–H and O–H groups in total. The number of hydrogen-bond donors (Lipinski definition) is 0. The van der Waals surface area contributed by atoms with Gasteiger partial charge in [-0.15, -0.1) is 21.5 Å². The molecule has 0 saturated carbocycles. The van der Waals surface area contributed by atoms with Crippen molar-refractivity contribution in [2.75, 3.05) is 0 Å². The van der Waals surface area contributed by atoms with Crippen LogP contribution in [0.3, 0.4) is 0 Å². The van der Waals surface area contributed by atoms with Gasteiger partial charge < -0.3 is 9.09 Å². The van der Waals surface area contributed by atoms with Gasteiger partial charge in [0.25, 0.3) is 0 Å².